The predicted octanol–water partition coefficient (Wildman–Crippen LogP) is 2.21. The Balaban J connectivity index is 1.47. The molecule has 0 saturated carbocycles. The van der Waals surface area contributed by atoms with E-state index in [4.69, 9.17) is 0 Å². The van der Waals surface area contributed by atoms with E-state index < -0.39 is 10.0 Å². The lowest BCUT2D eigenvalue weighted by molar-refractivity contribution is -0.122. The molecule has 0 unspecified atom stereocenters. The van der Waals surface area contributed by atoms with Crippen molar-refractivity contribution < 1.29 is 13.2 Å². The second kappa shape index (κ2) is 9.62. The minimum Gasteiger partial charge on any atom is -0.292 e. The number of hydrazone groups is 1. The fraction of sp³-hybridized carbons (Fsp3) is 0.300. The summed E-state index contributed by atoms with van der Waals surface area (Å²) in [5, 5.41) is 3.96. The van der Waals surface area contributed by atoms with Gasteiger partial charge in [0.15, 0.2) is 0 Å². The van der Waals surface area contributed by atoms with Crippen molar-refractivity contribution in [2.75, 3.05) is 32.7 Å². The summed E-state index contributed by atoms with van der Waals surface area (Å²) in [4.78, 5) is 14.3. The van der Waals surface area contributed by atoms with Crippen molar-refractivity contribution >= 4 is 38.1 Å². The van der Waals surface area contributed by atoms with E-state index in [-0.39, 0.29) is 12.5 Å². The number of nitrogens with zero attached hydrogens (tertiary/aromatic N) is 3. The highest BCUT2D eigenvalue weighted by Gasteiger charge is 2.28. The number of rotatable bonds is 6. The Labute approximate surface area is 179 Å². The van der Waals surface area contributed by atoms with Gasteiger partial charge in [0.1, 0.15) is 0 Å². The molecule has 1 N–H and O–H groups in total. The van der Waals surface area contributed by atoms with Crippen LogP contribution in [0.4, 0.5) is 0 Å². The number of hydrogen-bond donors (Lipinski definition) is 1. The van der Waals surface area contributed by atoms with E-state index in [9.17, 15) is 13.2 Å². The molecule has 0 aliphatic carbocycles. The molecule has 0 bridgehead atoms. The van der Waals surface area contributed by atoms with Gasteiger partial charge in [0.25, 0.3) is 5.91 Å². The topological polar surface area (TPSA) is 82.1 Å². The number of nitrogens with one attached hydrogen (secondary N) is 1. The number of carbonyl (C=O) groups is 1. The van der Waals surface area contributed by atoms with Gasteiger partial charge in [-0.3, -0.25) is 9.69 Å². The summed E-state index contributed by atoms with van der Waals surface area (Å²) in [5.74, 6) is -0.229. The van der Waals surface area contributed by atoms with Gasteiger partial charge in [-0.15, -0.1) is 0 Å². The van der Waals surface area contributed by atoms with Gasteiger partial charge in [-0.1, -0.05) is 45.8 Å². The molecule has 1 fully saturated rings. The molecule has 3 rings (SSSR count). The highest BCUT2D eigenvalue weighted by atomic mass is 79.9. The molecule has 1 aliphatic rings. The number of hydrogen-bond acceptors (Lipinski definition) is 5. The second-order valence-corrected chi connectivity index (χ2v) is 9.69. The summed E-state index contributed by atoms with van der Waals surface area (Å²) in [6.07, 6.45) is 1.58. The molecule has 0 atom stereocenters. The highest BCUT2D eigenvalue weighted by Crippen LogP contribution is 2.18. The van der Waals surface area contributed by atoms with Crippen molar-refractivity contribution in [3.05, 3.63) is 64.1 Å². The number of piperazine rings is 1. The number of sulfonamides is 1. The van der Waals surface area contributed by atoms with Crippen LogP contribution in [0, 0.1) is 6.92 Å². The quantitative estimate of drug-likeness (QED) is 0.509. The molecular weight excluding hydrogens is 456 g/mol. The molecule has 154 valence electrons. The second-order valence-electron chi connectivity index (χ2n) is 6.84. The van der Waals surface area contributed by atoms with Crippen molar-refractivity contribution in [1.29, 1.82) is 0 Å². The Morgan fingerprint density at radius 3 is 2.31 bits per heavy atom. The third-order valence-electron chi connectivity index (χ3n) is 4.63. The zero-order valence-corrected chi connectivity index (χ0v) is 18.5. The van der Waals surface area contributed by atoms with E-state index >= 15 is 0 Å². The Morgan fingerprint density at radius 2 is 1.69 bits per heavy atom. The van der Waals surface area contributed by atoms with E-state index in [0.29, 0.717) is 31.1 Å². The van der Waals surface area contributed by atoms with Crippen LogP contribution >= 0.6 is 15.9 Å². The largest absolute Gasteiger partial charge is 0.292 e. The average Bonchev–Trinajstić information content (AvgIpc) is 2.70. The SMILES string of the molecule is Cc1ccc(S(=O)(=O)N2CCN(CC(=O)NN=Cc3ccc(Br)cc3)CC2)cc1. The van der Waals surface area contributed by atoms with Crippen LogP contribution in [0.25, 0.3) is 0 Å². The first-order valence-corrected chi connectivity index (χ1v) is 11.4. The van der Waals surface area contributed by atoms with E-state index in [2.05, 4.69) is 26.5 Å². The minimum absolute atomic E-state index is 0.177. The number of halogens is 1. The maximum atomic E-state index is 12.7. The normalized spacial score (nSPS) is 16.2. The first-order valence-electron chi connectivity index (χ1n) is 9.21. The molecule has 1 amide bonds. The fourth-order valence-electron chi connectivity index (χ4n) is 2.95. The molecule has 29 heavy (non-hydrogen) atoms. The summed E-state index contributed by atoms with van der Waals surface area (Å²) in [7, 11) is -3.50. The molecule has 2 aromatic carbocycles. The van der Waals surface area contributed by atoms with Gasteiger partial charge in [0.2, 0.25) is 10.0 Å². The van der Waals surface area contributed by atoms with E-state index in [1.165, 1.54) is 4.31 Å². The van der Waals surface area contributed by atoms with Crippen LogP contribution in [0.5, 0.6) is 0 Å². The van der Waals surface area contributed by atoms with Gasteiger partial charge >= 0.3 is 0 Å². The summed E-state index contributed by atoms with van der Waals surface area (Å²) >= 11 is 3.36. The van der Waals surface area contributed by atoms with Crippen LogP contribution in [0.3, 0.4) is 0 Å². The monoisotopic (exact) mass is 478 g/mol. The van der Waals surface area contributed by atoms with Crippen molar-refractivity contribution in [2.24, 2.45) is 5.10 Å². The van der Waals surface area contributed by atoms with E-state index in [0.717, 1.165) is 15.6 Å². The summed E-state index contributed by atoms with van der Waals surface area (Å²) in [5.41, 5.74) is 4.41. The number of amides is 1. The van der Waals surface area contributed by atoms with Gasteiger partial charge in [-0.25, -0.2) is 13.8 Å². The number of aryl methyl sites for hydroxylation is 1. The predicted molar refractivity (Wildman–Crippen MR) is 116 cm³/mol. The molecule has 7 nitrogen and oxygen atoms in total. The first-order chi connectivity index (χ1) is 13.8. The third-order valence-corrected chi connectivity index (χ3v) is 7.07. The Kier molecular flexibility index (Phi) is 7.18. The number of benzene rings is 2. The van der Waals surface area contributed by atoms with Crippen molar-refractivity contribution in [2.45, 2.75) is 11.8 Å². The van der Waals surface area contributed by atoms with Gasteiger partial charge in [0.05, 0.1) is 17.7 Å². The maximum absolute atomic E-state index is 12.7. The minimum atomic E-state index is -3.50. The van der Waals surface area contributed by atoms with Crippen LogP contribution in [-0.2, 0) is 14.8 Å². The van der Waals surface area contributed by atoms with Crippen LogP contribution in [-0.4, -0.2) is 62.5 Å². The van der Waals surface area contributed by atoms with Gasteiger partial charge in [0, 0.05) is 30.7 Å². The van der Waals surface area contributed by atoms with Crippen molar-refractivity contribution in [1.82, 2.24) is 14.6 Å². The molecule has 1 saturated heterocycles. The lowest BCUT2D eigenvalue weighted by Gasteiger charge is -2.33. The Hall–Kier alpha value is -2.07. The smallest absolute Gasteiger partial charge is 0.254 e. The lowest BCUT2D eigenvalue weighted by Crippen LogP contribution is -2.50. The standard InChI is InChI=1S/C20H23BrN4O3S/c1-16-2-8-19(9-3-16)29(27,28)25-12-10-24(11-13-25)15-20(26)23-22-14-17-4-6-18(21)7-5-17/h2-9,14H,10-13,15H2,1H3,(H,23,26). The molecule has 1 heterocycles. The highest BCUT2D eigenvalue weighted by molar-refractivity contribution is 9.10. The van der Waals surface area contributed by atoms with Crippen molar-refractivity contribution in [3.8, 4) is 0 Å². The van der Waals surface area contributed by atoms with Crippen LogP contribution in [0.15, 0.2) is 63.0 Å². The number of carbonyl (C=O) groups excluding carboxylic acids is 1. The molecule has 0 aromatic heterocycles. The van der Waals surface area contributed by atoms with Gasteiger partial charge < -0.3 is 0 Å². The zero-order valence-electron chi connectivity index (χ0n) is 16.1. The zero-order chi connectivity index (χ0) is 20.9. The molecule has 1 aliphatic heterocycles. The van der Waals surface area contributed by atoms with Crippen molar-refractivity contribution in [3.63, 3.8) is 0 Å². The van der Waals surface area contributed by atoms with E-state index in [1.54, 1.807) is 30.5 Å². The maximum Gasteiger partial charge on any atom is 0.254 e. The molecule has 0 spiro atoms. The molecule has 9 heteroatoms. The average molecular weight is 479 g/mol. The fourth-order valence-corrected chi connectivity index (χ4v) is 4.64. The lowest BCUT2D eigenvalue weighted by atomic mass is 10.2. The summed E-state index contributed by atoms with van der Waals surface area (Å²) < 4.78 is 27.9. The summed E-state index contributed by atoms with van der Waals surface area (Å²) in [6.45, 7) is 3.79. The van der Waals surface area contributed by atoms with E-state index in [1.807, 2.05) is 36.1 Å². The first kappa shape index (κ1) is 21.6. The van der Waals surface area contributed by atoms with Crippen LogP contribution in [0.1, 0.15) is 11.1 Å². The Bertz CT molecular complexity index is 968. The molecule has 0 radical (unpaired) electrons. The van der Waals surface area contributed by atoms with Gasteiger partial charge in [-0.05, 0) is 36.8 Å². The van der Waals surface area contributed by atoms with Crippen LogP contribution < -0.4 is 5.43 Å². The summed E-state index contributed by atoms with van der Waals surface area (Å²) in [6, 6.07) is 14.4. The Morgan fingerprint density at radius 1 is 1.07 bits per heavy atom. The third kappa shape index (κ3) is 5.96. The molecule has 2 aromatic rings. The van der Waals surface area contributed by atoms with Crippen LogP contribution in [0.2, 0.25) is 0 Å². The van der Waals surface area contributed by atoms with Gasteiger partial charge in [-0.2, -0.15) is 9.41 Å². The molecular formula is C20H23BrN4O3S.